The van der Waals surface area contributed by atoms with Gasteiger partial charge in [-0.05, 0) is 61.1 Å². The van der Waals surface area contributed by atoms with Crippen LogP contribution in [0.3, 0.4) is 0 Å². The van der Waals surface area contributed by atoms with E-state index in [0.29, 0.717) is 23.8 Å². The molecule has 2 nitrogen and oxygen atoms in total. The van der Waals surface area contributed by atoms with Crippen molar-refractivity contribution in [2.45, 2.75) is 73.8 Å². The van der Waals surface area contributed by atoms with E-state index in [1.807, 2.05) is 0 Å². The molecule has 3 N–H and O–H groups in total. The Hall–Kier alpha value is -1.18. The quantitative estimate of drug-likeness (QED) is 0.621. The molecule has 0 aromatic heterocycles. The van der Waals surface area contributed by atoms with E-state index in [2.05, 4.69) is 65.9 Å². The molecule has 0 heterocycles. The van der Waals surface area contributed by atoms with E-state index >= 15 is 0 Å². The monoisotopic (exact) mass is 304 g/mol. The molecule has 0 spiro atoms. The summed E-state index contributed by atoms with van der Waals surface area (Å²) < 4.78 is 0. The van der Waals surface area contributed by atoms with Crippen LogP contribution in [0.1, 0.15) is 66.0 Å². The van der Waals surface area contributed by atoms with Crippen LogP contribution in [-0.2, 0) is 12.8 Å². The molecule has 1 aromatic rings. The number of hydrogen-bond donors (Lipinski definition) is 2. The van der Waals surface area contributed by atoms with Crippen molar-refractivity contribution in [1.29, 1.82) is 0 Å². The van der Waals surface area contributed by atoms with Gasteiger partial charge in [-0.3, -0.25) is 0 Å². The number of anilines is 2. The van der Waals surface area contributed by atoms with Crippen molar-refractivity contribution < 1.29 is 0 Å². The van der Waals surface area contributed by atoms with Gasteiger partial charge in [0.1, 0.15) is 0 Å². The van der Waals surface area contributed by atoms with Crippen molar-refractivity contribution in [3.05, 3.63) is 23.3 Å². The molecule has 0 amide bonds. The predicted octanol–water partition coefficient (Wildman–Crippen LogP) is 5.51. The zero-order valence-electron chi connectivity index (χ0n) is 15.7. The van der Waals surface area contributed by atoms with E-state index in [9.17, 15) is 0 Å². The van der Waals surface area contributed by atoms with Crippen molar-refractivity contribution in [2.24, 2.45) is 17.8 Å². The topological polar surface area (TPSA) is 38.0 Å². The van der Waals surface area contributed by atoms with E-state index in [4.69, 9.17) is 5.73 Å². The van der Waals surface area contributed by atoms with Crippen LogP contribution in [0.25, 0.3) is 0 Å². The minimum absolute atomic E-state index is 0.473. The summed E-state index contributed by atoms with van der Waals surface area (Å²) in [5.41, 5.74) is 11.2. The van der Waals surface area contributed by atoms with Gasteiger partial charge in [0.2, 0.25) is 0 Å². The van der Waals surface area contributed by atoms with Crippen molar-refractivity contribution >= 4 is 11.4 Å². The van der Waals surface area contributed by atoms with Crippen LogP contribution in [0.4, 0.5) is 11.4 Å². The second-order valence-corrected chi connectivity index (χ2v) is 8.08. The number of nitrogens with one attached hydrogen (secondary N) is 1. The molecule has 22 heavy (non-hydrogen) atoms. The second kappa shape index (κ2) is 8.45. The first-order valence-electron chi connectivity index (χ1n) is 8.86. The lowest BCUT2D eigenvalue weighted by Gasteiger charge is -2.22. The van der Waals surface area contributed by atoms with E-state index in [0.717, 1.165) is 18.5 Å². The standard InChI is InChI=1S/C20H36N2/c1-13(2)8-16(7)22-20-12-19(21)17(9-14(3)4)11-18(20)10-15(5)6/h11-16,22H,8-10,21H2,1-7H3. The maximum absolute atomic E-state index is 6.31. The Morgan fingerprint density at radius 3 is 1.86 bits per heavy atom. The van der Waals surface area contributed by atoms with Crippen LogP contribution in [0.15, 0.2) is 12.1 Å². The van der Waals surface area contributed by atoms with Gasteiger partial charge in [-0.25, -0.2) is 0 Å². The highest BCUT2D eigenvalue weighted by atomic mass is 14.9. The molecular formula is C20H36N2. The van der Waals surface area contributed by atoms with Gasteiger partial charge in [-0.15, -0.1) is 0 Å². The summed E-state index contributed by atoms with van der Waals surface area (Å²) in [6, 6.07) is 4.97. The van der Waals surface area contributed by atoms with E-state index < -0.39 is 0 Å². The van der Waals surface area contributed by atoms with Crippen molar-refractivity contribution in [2.75, 3.05) is 11.1 Å². The smallest absolute Gasteiger partial charge is 0.0395 e. The predicted molar refractivity (Wildman–Crippen MR) is 100 cm³/mol. The lowest BCUT2D eigenvalue weighted by molar-refractivity contribution is 0.539. The second-order valence-electron chi connectivity index (χ2n) is 8.08. The first-order chi connectivity index (χ1) is 10.2. The lowest BCUT2D eigenvalue weighted by Crippen LogP contribution is -2.19. The summed E-state index contributed by atoms with van der Waals surface area (Å²) >= 11 is 0. The summed E-state index contributed by atoms with van der Waals surface area (Å²) in [4.78, 5) is 0. The maximum atomic E-state index is 6.31. The molecule has 1 unspecified atom stereocenters. The zero-order chi connectivity index (χ0) is 16.9. The number of benzene rings is 1. The van der Waals surface area contributed by atoms with Gasteiger partial charge in [0.05, 0.1) is 0 Å². The van der Waals surface area contributed by atoms with Crippen LogP contribution in [-0.4, -0.2) is 6.04 Å². The third-order valence-corrected chi connectivity index (χ3v) is 3.85. The zero-order valence-corrected chi connectivity index (χ0v) is 15.7. The van der Waals surface area contributed by atoms with E-state index in [-0.39, 0.29) is 0 Å². The van der Waals surface area contributed by atoms with Crippen LogP contribution in [0, 0.1) is 17.8 Å². The summed E-state index contributed by atoms with van der Waals surface area (Å²) in [6.07, 6.45) is 3.33. The Balaban J connectivity index is 3.05. The molecule has 0 fully saturated rings. The molecule has 0 aliphatic carbocycles. The third-order valence-electron chi connectivity index (χ3n) is 3.85. The number of nitrogen functional groups attached to an aromatic ring is 1. The molecule has 0 bridgehead atoms. The van der Waals surface area contributed by atoms with Crippen molar-refractivity contribution in [3.8, 4) is 0 Å². The van der Waals surface area contributed by atoms with Crippen LogP contribution >= 0.6 is 0 Å². The fourth-order valence-electron chi connectivity index (χ4n) is 3.10. The molecule has 1 rings (SSSR count). The largest absolute Gasteiger partial charge is 0.398 e. The Morgan fingerprint density at radius 1 is 0.818 bits per heavy atom. The molecule has 0 saturated heterocycles. The molecule has 0 saturated carbocycles. The van der Waals surface area contributed by atoms with Crippen molar-refractivity contribution in [3.63, 3.8) is 0 Å². The number of rotatable bonds is 8. The highest BCUT2D eigenvalue weighted by molar-refractivity contribution is 5.64. The fraction of sp³-hybridized carbons (Fsp3) is 0.700. The summed E-state index contributed by atoms with van der Waals surface area (Å²) in [5.74, 6) is 1.98. The Kier molecular flexibility index (Phi) is 7.25. The normalized spacial score (nSPS) is 13.2. The summed E-state index contributed by atoms with van der Waals surface area (Å²) in [6.45, 7) is 15.9. The van der Waals surface area contributed by atoms with Gasteiger partial charge in [-0.2, -0.15) is 0 Å². The highest BCUT2D eigenvalue weighted by Crippen LogP contribution is 2.28. The van der Waals surface area contributed by atoms with E-state index in [1.165, 1.54) is 23.2 Å². The Bertz CT molecular complexity index is 461. The molecule has 126 valence electrons. The molecule has 0 aliphatic rings. The maximum Gasteiger partial charge on any atom is 0.0395 e. The highest BCUT2D eigenvalue weighted by Gasteiger charge is 2.13. The van der Waals surface area contributed by atoms with Gasteiger partial charge in [0.25, 0.3) is 0 Å². The first-order valence-corrected chi connectivity index (χ1v) is 8.86. The summed E-state index contributed by atoms with van der Waals surface area (Å²) in [5, 5.41) is 3.69. The van der Waals surface area contributed by atoms with Gasteiger partial charge in [0, 0.05) is 17.4 Å². The van der Waals surface area contributed by atoms with Gasteiger partial charge in [0.15, 0.2) is 0 Å². The third kappa shape index (κ3) is 6.29. The average molecular weight is 305 g/mol. The molecule has 0 radical (unpaired) electrons. The molecule has 0 aliphatic heterocycles. The van der Waals surface area contributed by atoms with Crippen molar-refractivity contribution in [1.82, 2.24) is 0 Å². The molecule has 1 aromatic carbocycles. The molecule has 1 atom stereocenters. The number of hydrogen-bond acceptors (Lipinski definition) is 2. The number of nitrogens with two attached hydrogens (primary N) is 1. The van der Waals surface area contributed by atoms with Gasteiger partial charge in [-0.1, -0.05) is 47.6 Å². The molecule has 2 heteroatoms. The minimum atomic E-state index is 0.473. The fourth-order valence-corrected chi connectivity index (χ4v) is 3.10. The van der Waals surface area contributed by atoms with Gasteiger partial charge < -0.3 is 11.1 Å². The van der Waals surface area contributed by atoms with Crippen LogP contribution in [0.5, 0.6) is 0 Å². The summed E-state index contributed by atoms with van der Waals surface area (Å²) in [7, 11) is 0. The van der Waals surface area contributed by atoms with E-state index in [1.54, 1.807) is 0 Å². The van der Waals surface area contributed by atoms with Gasteiger partial charge >= 0.3 is 0 Å². The Labute approximate surface area is 137 Å². The average Bonchev–Trinajstić information content (AvgIpc) is 2.32. The van der Waals surface area contributed by atoms with Crippen LogP contribution in [0.2, 0.25) is 0 Å². The SMILES string of the molecule is CC(C)Cc1cc(CC(C)C)c(NC(C)CC(C)C)cc1N. The lowest BCUT2D eigenvalue weighted by atomic mass is 9.93. The molecular weight excluding hydrogens is 268 g/mol. The first kappa shape index (κ1) is 18.9. The minimum Gasteiger partial charge on any atom is -0.398 e. The Morgan fingerprint density at radius 2 is 1.36 bits per heavy atom. The van der Waals surface area contributed by atoms with Crippen LogP contribution < -0.4 is 11.1 Å².